The van der Waals surface area contributed by atoms with Crippen LogP contribution in [0.5, 0.6) is 0 Å². The van der Waals surface area contributed by atoms with Crippen LogP contribution in [0.25, 0.3) is 0 Å². The van der Waals surface area contributed by atoms with Gasteiger partial charge in [-0.3, -0.25) is 9.59 Å². The van der Waals surface area contributed by atoms with Gasteiger partial charge in [-0.1, -0.05) is 0 Å². The van der Waals surface area contributed by atoms with Crippen LogP contribution in [0, 0.1) is 11.8 Å². The highest BCUT2D eigenvalue weighted by molar-refractivity contribution is 5.89. The maximum Gasteiger partial charge on any atom is 0.225 e. The number of carbonyl (C=O) groups excluding carboxylic acids is 2. The molecule has 0 saturated carbocycles. The first-order valence-corrected chi connectivity index (χ1v) is 7.46. The SMILES string of the molecule is COCCN1CC(C(=O)NCC2CCCNC2)CC1=O. The number of hydrogen-bond donors (Lipinski definition) is 2. The third-order valence-corrected chi connectivity index (χ3v) is 4.11. The lowest BCUT2D eigenvalue weighted by molar-refractivity contribution is -0.129. The molecule has 2 aliphatic rings. The Labute approximate surface area is 120 Å². The Bertz CT molecular complexity index is 343. The number of hydrogen-bond acceptors (Lipinski definition) is 4. The van der Waals surface area contributed by atoms with Crippen LogP contribution in [0.4, 0.5) is 0 Å². The summed E-state index contributed by atoms with van der Waals surface area (Å²) in [6.45, 7) is 4.39. The Balaban J connectivity index is 1.71. The van der Waals surface area contributed by atoms with Crippen molar-refractivity contribution in [1.29, 1.82) is 0 Å². The fourth-order valence-corrected chi connectivity index (χ4v) is 2.85. The van der Waals surface area contributed by atoms with E-state index in [9.17, 15) is 9.59 Å². The average molecular weight is 283 g/mol. The summed E-state index contributed by atoms with van der Waals surface area (Å²) in [5.74, 6) is 0.399. The molecule has 114 valence electrons. The minimum atomic E-state index is -0.198. The minimum Gasteiger partial charge on any atom is -0.383 e. The fraction of sp³-hybridized carbons (Fsp3) is 0.857. The van der Waals surface area contributed by atoms with Gasteiger partial charge in [0.05, 0.1) is 12.5 Å². The van der Waals surface area contributed by atoms with E-state index in [0.717, 1.165) is 19.5 Å². The molecule has 2 amide bonds. The average Bonchev–Trinajstić information content (AvgIpc) is 2.85. The molecule has 2 atom stereocenters. The Hall–Kier alpha value is -1.14. The van der Waals surface area contributed by atoms with Crippen molar-refractivity contribution in [2.24, 2.45) is 11.8 Å². The van der Waals surface area contributed by atoms with Gasteiger partial charge in [-0.2, -0.15) is 0 Å². The van der Waals surface area contributed by atoms with Crippen LogP contribution in [-0.4, -0.2) is 63.2 Å². The monoisotopic (exact) mass is 283 g/mol. The highest BCUT2D eigenvalue weighted by Crippen LogP contribution is 2.18. The maximum atomic E-state index is 12.1. The molecule has 0 aromatic rings. The molecule has 2 saturated heterocycles. The summed E-state index contributed by atoms with van der Waals surface area (Å²) in [6, 6.07) is 0. The summed E-state index contributed by atoms with van der Waals surface area (Å²) in [7, 11) is 1.61. The number of likely N-dealkylation sites (tertiary alicyclic amines) is 1. The summed E-state index contributed by atoms with van der Waals surface area (Å²) in [5.41, 5.74) is 0. The number of amides is 2. The van der Waals surface area contributed by atoms with Crippen LogP contribution < -0.4 is 10.6 Å². The molecule has 6 nitrogen and oxygen atoms in total. The molecule has 2 aliphatic heterocycles. The first kappa shape index (κ1) is 15.3. The minimum absolute atomic E-state index is 0.0174. The Morgan fingerprint density at radius 2 is 2.40 bits per heavy atom. The van der Waals surface area contributed by atoms with Crippen molar-refractivity contribution in [2.75, 3.05) is 46.4 Å². The standard InChI is InChI=1S/C14H25N3O3/c1-20-6-5-17-10-12(7-13(17)18)14(19)16-9-11-3-2-4-15-8-11/h11-12,15H,2-10H2,1H3,(H,16,19). The summed E-state index contributed by atoms with van der Waals surface area (Å²) < 4.78 is 4.97. The lowest BCUT2D eigenvalue weighted by Crippen LogP contribution is -2.40. The van der Waals surface area contributed by atoms with Crippen LogP contribution in [-0.2, 0) is 14.3 Å². The van der Waals surface area contributed by atoms with Crippen molar-refractivity contribution in [3.8, 4) is 0 Å². The van der Waals surface area contributed by atoms with Gasteiger partial charge in [0.15, 0.2) is 0 Å². The first-order valence-electron chi connectivity index (χ1n) is 7.46. The molecule has 0 aromatic heterocycles. The highest BCUT2D eigenvalue weighted by atomic mass is 16.5. The van der Waals surface area contributed by atoms with E-state index in [1.54, 1.807) is 12.0 Å². The van der Waals surface area contributed by atoms with Crippen molar-refractivity contribution in [3.05, 3.63) is 0 Å². The van der Waals surface area contributed by atoms with E-state index < -0.39 is 0 Å². The smallest absolute Gasteiger partial charge is 0.225 e. The largest absolute Gasteiger partial charge is 0.383 e. The number of methoxy groups -OCH3 is 1. The Kier molecular flexibility index (Phi) is 5.79. The molecule has 20 heavy (non-hydrogen) atoms. The number of nitrogens with zero attached hydrogens (tertiary/aromatic N) is 1. The zero-order valence-corrected chi connectivity index (χ0v) is 12.2. The van der Waals surface area contributed by atoms with Gasteiger partial charge in [0.2, 0.25) is 11.8 Å². The summed E-state index contributed by atoms with van der Waals surface area (Å²) in [5, 5.41) is 6.34. The van der Waals surface area contributed by atoms with Crippen LogP contribution in [0.15, 0.2) is 0 Å². The second-order valence-corrected chi connectivity index (χ2v) is 5.69. The van der Waals surface area contributed by atoms with Gasteiger partial charge in [0.25, 0.3) is 0 Å². The van der Waals surface area contributed by atoms with E-state index in [1.807, 2.05) is 0 Å². The molecule has 2 fully saturated rings. The van der Waals surface area contributed by atoms with Gasteiger partial charge in [-0.25, -0.2) is 0 Å². The second-order valence-electron chi connectivity index (χ2n) is 5.69. The lowest BCUT2D eigenvalue weighted by atomic mass is 9.99. The summed E-state index contributed by atoms with van der Waals surface area (Å²) >= 11 is 0. The molecule has 0 radical (unpaired) electrons. The van der Waals surface area contributed by atoms with Gasteiger partial charge in [-0.05, 0) is 31.8 Å². The van der Waals surface area contributed by atoms with E-state index >= 15 is 0 Å². The van der Waals surface area contributed by atoms with Gasteiger partial charge in [0, 0.05) is 33.2 Å². The van der Waals surface area contributed by atoms with Crippen molar-refractivity contribution >= 4 is 11.8 Å². The van der Waals surface area contributed by atoms with E-state index in [0.29, 0.717) is 38.6 Å². The zero-order valence-electron chi connectivity index (χ0n) is 12.2. The predicted octanol–water partition coefficient (Wildman–Crippen LogP) is -0.403. The van der Waals surface area contributed by atoms with Crippen molar-refractivity contribution in [3.63, 3.8) is 0 Å². The summed E-state index contributed by atoms with van der Waals surface area (Å²) in [4.78, 5) is 25.6. The number of carbonyl (C=O) groups is 2. The third kappa shape index (κ3) is 4.18. The fourth-order valence-electron chi connectivity index (χ4n) is 2.85. The molecular formula is C14H25N3O3. The van der Waals surface area contributed by atoms with Gasteiger partial charge in [-0.15, -0.1) is 0 Å². The second kappa shape index (κ2) is 7.59. The molecule has 0 aliphatic carbocycles. The van der Waals surface area contributed by atoms with Gasteiger partial charge in [0.1, 0.15) is 0 Å². The maximum absolute atomic E-state index is 12.1. The lowest BCUT2D eigenvalue weighted by Gasteiger charge is -2.23. The molecule has 6 heteroatoms. The third-order valence-electron chi connectivity index (χ3n) is 4.11. The molecule has 2 heterocycles. The Morgan fingerprint density at radius 3 is 3.10 bits per heavy atom. The first-order chi connectivity index (χ1) is 9.70. The topological polar surface area (TPSA) is 70.7 Å². The zero-order chi connectivity index (χ0) is 14.4. The van der Waals surface area contributed by atoms with E-state index in [-0.39, 0.29) is 17.7 Å². The van der Waals surface area contributed by atoms with Crippen LogP contribution in [0.2, 0.25) is 0 Å². The molecule has 0 bridgehead atoms. The van der Waals surface area contributed by atoms with Crippen LogP contribution in [0.1, 0.15) is 19.3 Å². The quantitative estimate of drug-likeness (QED) is 0.696. The van der Waals surface area contributed by atoms with Crippen molar-refractivity contribution in [2.45, 2.75) is 19.3 Å². The normalized spacial score (nSPS) is 26.9. The van der Waals surface area contributed by atoms with E-state index in [2.05, 4.69) is 10.6 Å². The van der Waals surface area contributed by atoms with Gasteiger partial charge >= 0.3 is 0 Å². The van der Waals surface area contributed by atoms with Crippen LogP contribution in [0.3, 0.4) is 0 Å². The van der Waals surface area contributed by atoms with Gasteiger partial charge < -0.3 is 20.3 Å². The predicted molar refractivity (Wildman–Crippen MR) is 75.2 cm³/mol. The highest BCUT2D eigenvalue weighted by Gasteiger charge is 2.34. The molecule has 2 rings (SSSR count). The van der Waals surface area contributed by atoms with E-state index in [1.165, 1.54) is 6.42 Å². The van der Waals surface area contributed by atoms with Crippen molar-refractivity contribution in [1.82, 2.24) is 15.5 Å². The molecule has 2 N–H and O–H groups in total. The molecule has 2 unspecified atom stereocenters. The molecule has 0 spiro atoms. The number of piperidine rings is 1. The Morgan fingerprint density at radius 1 is 1.55 bits per heavy atom. The van der Waals surface area contributed by atoms with Crippen LogP contribution >= 0.6 is 0 Å². The van der Waals surface area contributed by atoms with E-state index in [4.69, 9.17) is 4.74 Å². The van der Waals surface area contributed by atoms with Crippen molar-refractivity contribution < 1.29 is 14.3 Å². The number of ether oxygens (including phenoxy) is 1. The number of nitrogens with one attached hydrogen (secondary N) is 2. The molecule has 0 aromatic carbocycles. The molecular weight excluding hydrogens is 258 g/mol. The summed E-state index contributed by atoms with van der Waals surface area (Å²) in [6.07, 6.45) is 2.67. The number of rotatable bonds is 6.